The molecule has 1 N–H and O–H groups in total. The van der Waals surface area contributed by atoms with Gasteiger partial charge in [0.05, 0.1) is 11.5 Å². The number of nitrogens with zero attached hydrogens (tertiary/aromatic N) is 1. The Bertz CT molecular complexity index is 425. The number of phenols is 1. The monoisotopic (exact) mass is 285 g/mol. The average Bonchev–Trinajstić information content (AvgIpc) is 2.07. The quantitative estimate of drug-likeness (QED) is 0.854. The molecule has 1 fully saturated rings. The van der Waals surface area contributed by atoms with Gasteiger partial charge >= 0.3 is 0 Å². The van der Waals surface area contributed by atoms with Gasteiger partial charge in [0.2, 0.25) is 0 Å². The molecule has 0 bridgehead atoms. The van der Waals surface area contributed by atoms with Crippen molar-refractivity contribution in [2.45, 2.75) is 24.7 Å². The highest BCUT2D eigenvalue weighted by molar-refractivity contribution is 9.10. The molecule has 15 heavy (non-hydrogen) atoms. The molecule has 0 heterocycles. The van der Waals surface area contributed by atoms with Crippen LogP contribution in [0.2, 0.25) is 5.02 Å². The number of hydrogen-bond donors (Lipinski definition) is 1. The predicted octanol–water partition coefficient (Wildman–Crippen LogP) is 3.75. The second kappa shape index (κ2) is 3.70. The van der Waals surface area contributed by atoms with Gasteiger partial charge in [-0.3, -0.25) is 0 Å². The molecule has 4 heteroatoms. The van der Waals surface area contributed by atoms with Crippen LogP contribution in [0, 0.1) is 11.3 Å². The van der Waals surface area contributed by atoms with Crippen molar-refractivity contribution in [3.05, 3.63) is 27.2 Å². The fraction of sp³-hybridized carbons (Fsp3) is 0.364. The number of rotatable bonds is 1. The summed E-state index contributed by atoms with van der Waals surface area (Å²) in [7, 11) is 0. The largest absolute Gasteiger partial charge is 0.508 e. The molecule has 1 aromatic rings. The van der Waals surface area contributed by atoms with E-state index in [4.69, 9.17) is 11.6 Å². The van der Waals surface area contributed by atoms with E-state index in [0.717, 1.165) is 19.3 Å². The molecule has 78 valence electrons. The normalized spacial score (nSPS) is 17.9. The summed E-state index contributed by atoms with van der Waals surface area (Å²) in [6.45, 7) is 0. The summed E-state index contributed by atoms with van der Waals surface area (Å²) in [5.74, 6) is 0.107. The summed E-state index contributed by atoms with van der Waals surface area (Å²) < 4.78 is 0.716. The Morgan fingerprint density at radius 2 is 2.13 bits per heavy atom. The third-order valence-electron chi connectivity index (χ3n) is 2.93. The maximum atomic E-state index is 9.84. The maximum absolute atomic E-state index is 9.84. The van der Waals surface area contributed by atoms with Gasteiger partial charge in [-0.1, -0.05) is 27.5 Å². The van der Waals surface area contributed by atoms with E-state index in [1.807, 2.05) is 0 Å². The molecule has 0 amide bonds. The average molecular weight is 287 g/mol. The Morgan fingerprint density at radius 3 is 2.53 bits per heavy atom. The van der Waals surface area contributed by atoms with Crippen molar-refractivity contribution in [3.8, 4) is 11.8 Å². The molecule has 0 atom stereocenters. The molecule has 1 aromatic carbocycles. The van der Waals surface area contributed by atoms with Crippen molar-refractivity contribution in [3.63, 3.8) is 0 Å². The van der Waals surface area contributed by atoms with Crippen LogP contribution in [0.25, 0.3) is 0 Å². The molecule has 0 radical (unpaired) electrons. The Hall–Kier alpha value is -0.720. The SMILES string of the molecule is N#CC1(c2c(O)cc(Cl)cc2Br)CCC1. The number of hydrogen-bond acceptors (Lipinski definition) is 2. The van der Waals surface area contributed by atoms with Crippen LogP contribution in [0.5, 0.6) is 5.75 Å². The molecule has 0 aliphatic heterocycles. The maximum Gasteiger partial charge on any atom is 0.123 e. The standard InChI is InChI=1S/C11H9BrClNO/c12-8-4-7(13)5-9(15)10(8)11(6-14)2-1-3-11/h4-5,15H,1-3H2. The van der Waals surface area contributed by atoms with Crippen LogP contribution in [-0.2, 0) is 5.41 Å². The van der Waals surface area contributed by atoms with E-state index in [1.165, 1.54) is 6.07 Å². The van der Waals surface area contributed by atoms with E-state index >= 15 is 0 Å². The van der Waals surface area contributed by atoms with Crippen LogP contribution < -0.4 is 0 Å². The Kier molecular flexibility index (Phi) is 2.66. The van der Waals surface area contributed by atoms with Gasteiger partial charge in [-0.05, 0) is 31.4 Å². The molecule has 0 saturated heterocycles. The highest BCUT2D eigenvalue weighted by Crippen LogP contribution is 2.49. The number of halogens is 2. The summed E-state index contributed by atoms with van der Waals surface area (Å²) >= 11 is 9.16. The van der Waals surface area contributed by atoms with E-state index in [0.29, 0.717) is 15.1 Å². The molecule has 0 spiro atoms. The third-order valence-corrected chi connectivity index (χ3v) is 3.78. The van der Waals surface area contributed by atoms with Gasteiger partial charge < -0.3 is 5.11 Å². The fourth-order valence-corrected chi connectivity index (χ4v) is 3.16. The summed E-state index contributed by atoms with van der Waals surface area (Å²) in [4.78, 5) is 0. The van der Waals surface area contributed by atoms with Crippen LogP contribution >= 0.6 is 27.5 Å². The smallest absolute Gasteiger partial charge is 0.123 e. The fourth-order valence-electron chi connectivity index (χ4n) is 1.98. The Labute approximate surface area is 102 Å². The van der Waals surface area contributed by atoms with Crippen LogP contribution in [0.15, 0.2) is 16.6 Å². The summed E-state index contributed by atoms with van der Waals surface area (Å²) in [5, 5.41) is 19.5. The molecule has 1 aliphatic rings. The van der Waals surface area contributed by atoms with Gasteiger partial charge in [0.1, 0.15) is 5.75 Å². The van der Waals surface area contributed by atoms with E-state index < -0.39 is 5.41 Å². The molecule has 1 saturated carbocycles. The van der Waals surface area contributed by atoms with Crippen LogP contribution in [0.3, 0.4) is 0 Å². The van der Waals surface area contributed by atoms with Gasteiger partial charge in [-0.2, -0.15) is 5.26 Å². The summed E-state index contributed by atoms with van der Waals surface area (Å²) in [6, 6.07) is 5.50. The van der Waals surface area contributed by atoms with Gasteiger partial charge in [0.15, 0.2) is 0 Å². The van der Waals surface area contributed by atoms with Crippen molar-refractivity contribution in [1.29, 1.82) is 5.26 Å². The van der Waals surface area contributed by atoms with Crippen molar-refractivity contribution >= 4 is 27.5 Å². The summed E-state index contributed by atoms with van der Waals surface area (Å²) in [6.07, 6.45) is 2.64. The second-order valence-electron chi connectivity index (χ2n) is 3.83. The first kappa shape index (κ1) is 10.8. The topological polar surface area (TPSA) is 44.0 Å². The van der Waals surface area contributed by atoms with Crippen LogP contribution in [-0.4, -0.2) is 5.11 Å². The first-order valence-electron chi connectivity index (χ1n) is 4.69. The van der Waals surface area contributed by atoms with Crippen molar-refractivity contribution in [2.24, 2.45) is 0 Å². The number of aromatic hydroxyl groups is 1. The Balaban J connectivity index is 2.58. The zero-order valence-corrected chi connectivity index (χ0v) is 10.3. The first-order chi connectivity index (χ1) is 7.09. The van der Waals surface area contributed by atoms with E-state index in [1.54, 1.807) is 6.07 Å². The molecule has 2 nitrogen and oxygen atoms in total. The molecule has 0 aromatic heterocycles. The van der Waals surface area contributed by atoms with Crippen molar-refractivity contribution in [1.82, 2.24) is 0 Å². The third kappa shape index (κ3) is 1.62. The lowest BCUT2D eigenvalue weighted by molar-refractivity contribution is 0.310. The lowest BCUT2D eigenvalue weighted by Gasteiger charge is -2.36. The first-order valence-corrected chi connectivity index (χ1v) is 5.86. The minimum atomic E-state index is -0.520. The highest BCUT2D eigenvalue weighted by atomic mass is 79.9. The minimum Gasteiger partial charge on any atom is -0.508 e. The van der Waals surface area contributed by atoms with Crippen molar-refractivity contribution in [2.75, 3.05) is 0 Å². The Morgan fingerprint density at radius 1 is 1.47 bits per heavy atom. The van der Waals surface area contributed by atoms with E-state index in [2.05, 4.69) is 22.0 Å². The lowest BCUT2D eigenvalue weighted by Crippen LogP contribution is -2.32. The molecule has 1 aliphatic carbocycles. The number of phenolic OH excluding ortho intramolecular Hbond substituents is 1. The van der Waals surface area contributed by atoms with Crippen LogP contribution in [0.1, 0.15) is 24.8 Å². The minimum absolute atomic E-state index is 0.107. The number of benzene rings is 1. The van der Waals surface area contributed by atoms with E-state index in [-0.39, 0.29) is 5.75 Å². The second-order valence-corrected chi connectivity index (χ2v) is 5.12. The summed E-state index contributed by atoms with van der Waals surface area (Å²) in [5.41, 5.74) is 0.161. The zero-order chi connectivity index (χ0) is 11.1. The van der Waals surface area contributed by atoms with Crippen molar-refractivity contribution < 1.29 is 5.11 Å². The molecular weight excluding hydrogens is 277 g/mol. The molecular formula is C11H9BrClNO. The molecule has 0 unspecified atom stereocenters. The molecule has 2 rings (SSSR count). The highest BCUT2D eigenvalue weighted by Gasteiger charge is 2.42. The van der Waals surface area contributed by atoms with Gasteiger partial charge in [0.25, 0.3) is 0 Å². The van der Waals surface area contributed by atoms with Gasteiger partial charge in [-0.25, -0.2) is 0 Å². The number of nitriles is 1. The lowest BCUT2D eigenvalue weighted by atomic mass is 9.65. The zero-order valence-electron chi connectivity index (χ0n) is 7.93. The van der Waals surface area contributed by atoms with Gasteiger partial charge in [-0.15, -0.1) is 0 Å². The predicted molar refractivity (Wildman–Crippen MR) is 62.0 cm³/mol. The van der Waals surface area contributed by atoms with E-state index in [9.17, 15) is 10.4 Å². The van der Waals surface area contributed by atoms with Gasteiger partial charge in [0, 0.05) is 15.1 Å². The van der Waals surface area contributed by atoms with Crippen LogP contribution in [0.4, 0.5) is 0 Å².